The summed E-state index contributed by atoms with van der Waals surface area (Å²) in [5.41, 5.74) is 2.50. The summed E-state index contributed by atoms with van der Waals surface area (Å²) >= 11 is 0. The van der Waals surface area contributed by atoms with E-state index in [1.807, 2.05) is 16.9 Å². The lowest BCUT2D eigenvalue weighted by atomic mass is 10.1. The Morgan fingerprint density at radius 3 is 2.88 bits per heavy atom. The van der Waals surface area contributed by atoms with Crippen molar-refractivity contribution < 1.29 is 4.74 Å². The summed E-state index contributed by atoms with van der Waals surface area (Å²) in [5, 5.41) is 11.0. The van der Waals surface area contributed by atoms with E-state index in [4.69, 9.17) is 4.74 Å². The Hall–Kier alpha value is -2.34. The average Bonchev–Trinajstić information content (AvgIpc) is 3.30. The maximum atomic E-state index is 5.63. The molecule has 0 radical (unpaired) electrons. The van der Waals surface area contributed by atoms with Gasteiger partial charge in [-0.25, -0.2) is 0 Å². The van der Waals surface area contributed by atoms with Crippen LogP contribution in [0.1, 0.15) is 24.0 Å². The van der Waals surface area contributed by atoms with E-state index in [0.29, 0.717) is 6.10 Å². The number of rotatable bonds is 6. The Bertz CT molecular complexity index is 647. The van der Waals surface area contributed by atoms with Crippen molar-refractivity contribution in [2.45, 2.75) is 32.0 Å². The van der Waals surface area contributed by atoms with Gasteiger partial charge in [-0.3, -0.25) is 9.67 Å². The Morgan fingerprint density at radius 1 is 1.29 bits per heavy atom. The summed E-state index contributed by atoms with van der Waals surface area (Å²) in [4.78, 5) is 4.29. The second-order valence-corrected chi connectivity index (χ2v) is 5.91. The number of benzene rings is 1. The lowest BCUT2D eigenvalue weighted by Gasteiger charge is -2.16. The van der Waals surface area contributed by atoms with E-state index in [1.165, 1.54) is 11.1 Å². The van der Waals surface area contributed by atoms with Gasteiger partial charge in [-0.05, 0) is 30.0 Å². The Kier molecular flexibility index (Phi) is 5.85. The highest BCUT2D eigenvalue weighted by molar-refractivity contribution is 5.79. The van der Waals surface area contributed by atoms with Crippen LogP contribution >= 0.6 is 0 Å². The molecule has 1 atom stereocenters. The summed E-state index contributed by atoms with van der Waals surface area (Å²) in [6.45, 7) is 3.17. The van der Waals surface area contributed by atoms with E-state index in [2.05, 4.69) is 45.0 Å². The van der Waals surface area contributed by atoms with Crippen molar-refractivity contribution in [1.82, 2.24) is 20.4 Å². The Balaban J connectivity index is 1.54. The SMILES string of the molecule is CN=C(NCc1ccccc1Cn1cccn1)NCC1CCCO1. The van der Waals surface area contributed by atoms with Crippen molar-refractivity contribution in [3.05, 3.63) is 53.9 Å². The molecule has 1 saturated heterocycles. The van der Waals surface area contributed by atoms with Crippen LogP contribution in [0.15, 0.2) is 47.7 Å². The standard InChI is InChI=1S/C18H25N5O/c1-19-18(21-13-17-8-4-11-24-17)20-12-15-6-2-3-7-16(15)14-23-10-5-9-22-23/h2-3,5-7,9-10,17H,4,8,11-14H2,1H3,(H2,19,20,21). The van der Waals surface area contributed by atoms with Crippen molar-refractivity contribution in [2.75, 3.05) is 20.2 Å². The van der Waals surface area contributed by atoms with Crippen molar-refractivity contribution in [3.8, 4) is 0 Å². The molecule has 0 saturated carbocycles. The Morgan fingerprint density at radius 2 is 2.17 bits per heavy atom. The number of nitrogens with one attached hydrogen (secondary N) is 2. The summed E-state index contributed by atoms with van der Waals surface area (Å²) in [7, 11) is 1.79. The van der Waals surface area contributed by atoms with Crippen LogP contribution in [-0.4, -0.2) is 42.0 Å². The monoisotopic (exact) mass is 327 g/mol. The van der Waals surface area contributed by atoms with E-state index in [9.17, 15) is 0 Å². The quantitative estimate of drug-likeness (QED) is 0.627. The van der Waals surface area contributed by atoms with Crippen LogP contribution in [0.3, 0.4) is 0 Å². The minimum absolute atomic E-state index is 0.302. The number of nitrogens with zero attached hydrogens (tertiary/aromatic N) is 3. The molecule has 6 nitrogen and oxygen atoms in total. The zero-order chi connectivity index (χ0) is 16.6. The number of aliphatic imine (C=N–C) groups is 1. The zero-order valence-corrected chi connectivity index (χ0v) is 14.1. The summed E-state index contributed by atoms with van der Waals surface area (Å²) in [5.74, 6) is 0.805. The first kappa shape index (κ1) is 16.5. The van der Waals surface area contributed by atoms with Gasteiger partial charge in [0.2, 0.25) is 0 Å². The third-order valence-corrected chi connectivity index (χ3v) is 4.20. The van der Waals surface area contributed by atoms with Crippen molar-refractivity contribution in [1.29, 1.82) is 0 Å². The molecule has 128 valence electrons. The first-order chi connectivity index (χ1) is 11.8. The molecular weight excluding hydrogens is 302 g/mol. The number of aromatic nitrogens is 2. The topological polar surface area (TPSA) is 63.5 Å². The van der Waals surface area contributed by atoms with Gasteiger partial charge >= 0.3 is 0 Å². The summed E-state index contributed by atoms with van der Waals surface area (Å²) < 4.78 is 7.57. The molecule has 3 rings (SSSR count). The molecule has 0 amide bonds. The molecule has 1 aliphatic rings. The minimum atomic E-state index is 0.302. The molecule has 1 fully saturated rings. The predicted octanol–water partition coefficient (Wildman–Crippen LogP) is 1.78. The molecule has 1 aromatic carbocycles. The highest BCUT2D eigenvalue weighted by atomic mass is 16.5. The van der Waals surface area contributed by atoms with Crippen molar-refractivity contribution in [2.24, 2.45) is 4.99 Å². The molecule has 0 aliphatic carbocycles. The summed E-state index contributed by atoms with van der Waals surface area (Å²) in [6.07, 6.45) is 6.36. The predicted molar refractivity (Wildman–Crippen MR) is 94.9 cm³/mol. The van der Waals surface area contributed by atoms with E-state index in [1.54, 1.807) is 13.2 Å². The maximum absolute atomic E-state index is 5.63. The summed E-state index contributed by atoms with van der Waals surface area (Å²) in [6, 6.07) is 10.3. The largest absolute Gasteiger partial charge is 0.376 e. The molecular formula is C18H25N5O. The van der Waals surface area contributed by atoms with Gasteiger partial charge in [-0.2, -0.15) is 5.10 Å². The van der Waals surface area contributed by atoms with Crippen LogP contribution in [0.5, 0.6) is 0 Å². The van der Waals surface area contributed by atoms with Crippen LogP contribution in [0.4, 0.5) is 0 Å². The molecule has 24 heavy (non-hydrogen) atoms. The van der Waals surface area contributed by atoms with Crippen LogP contribution in [0.25, 0.3) is 0 Å². The molecule has 0 spiro atoms. The molecule has 2 N–H and O–H groups in total. The molecule has 0 bridgehead atoms. The highest BCUT2D eigenvalue weighted by Crippen LogP contribution is 2.11. The van der Waals surface area contributed by atoms with Gasteiger partial charge in [-0.1, -0.05) is 24.3 Å². The highest BCUT2D eigenvalue weighted by Gasteiger charge is 2.15. The van der Waals surface area contributed by atoms with Crippen LogP contribution in [0.2, 0.25) is 0 Å². The van der Waals surface area contributed by atoms with Crippen LogP contribution < -0.4 is 10.6 Å². The number of hydrogen-bond acceptors (Lipinski definition) is 3. The smallest absolute Gasteiger partial charge is 0.191 e. The van der Waals surface area contributed by atoms with Gasteiger partial charge in [0.05, 0.1) is 12.6 Å². The van der Waals surface area contributed by atoms with Crippen LogP contribution in [-0.2, 0) is 17.8 Å². The fourth-order valence-electron chi connectivity index (χ4n) is 2.87. The second kappa shape index (κ2) is 8.49. The number of hydrogen-bond donors (Lipinski definition) is 2. The van der Waals surface area contributed by atoms with Crippen molar-refractivity contribution >= 4 is 5.96 Å². The fraction of sp³-hybridized carbons (Fsp3) is 0.444. The lowest BCUT2D eigenvalue weighted by molar-refractivity contribution is 0.114. The molecule has 1 aromatic heterocycles. The third kappa shape index (κ3) is 4.58. The van der Waals surface area contributed by atoms with Gasteiger partial charge in [0.15, 0.2) is 5.96 Å². The van der Waals surface area contributed by atoms with E-state index in [-0.39, 0.29) is 0 Å². The first-order valence-corrected chi connectivity index (χ1v) is 8.45. The van der Waals surface area contributed by atoms with Gasteiger partial charge in [0, 0.05) is 39.1 Å². The van der Waals surface area contributed by atoms with E-state index in [0.717, 1.165) is 45.0 Å². The maximum Gasteiger partial charge on any atom is 0.191 e. The van der Waals surface area contributed by atoms with Gasteiger partial charge in [-0.15, -0.1) is 0 Å². The Labute approximate surface area is 142 Å². The van der Waals surface area contributed by atoms with Crippen LogP contribution in [0, 0.1) is 0 Å². The van der Waals surface area contributed by atoms with E-state index < -0.39 is 0 Å². The first-order valence-electron chi connectivity index (χ1n) is 8.45. The van der Waals surface area contributed by atoms with Gasteiger partial charge in [0.25, 0.3) is 0 Å². The molecule has 1 aliphatic heterocycles. The molecule has 2 heterocycles. The zero-order valence-electron chi connectivity index (χ0n) is 14.1. The lowest BCUT2D eigenvalue weighted by Crippen LogP contribution is -2.40. The van der Waals surface area contributed by atoms with E-state index >= 15 is 0 Å². The number of guanidine groups is 1. The number of ether oxygens (including phenoxy) is 1. The van der Waals surface area contributed by atoms with Crippen molar-refractivity contribution in [3.63, 3.8) is 0 Å². The third-order valence-electron chi connectivity index (χ3n) is 4.20. The minimum Gasteiger partial charge on any atom is -0.376 e. The fourth-order valence-corrected chi connectivity index (χ4v) is 2.87. The average molecular weight is 327 g/mol. The second-order valence-electron chi connectivity index (χ2n) is 5.91. The molecule has 1 unspecified atom stereocenters. The molecule has 2 aromatic rings. The van der Waals surface area contributed by atoms with Gasteiger partial charge < -0.3 is 15.4 Å². The normalized spacial score (nSPS) is 17.9. The molecule has 6 heteroatoms. The van der Waals surface area contributed by atoms with Gasteiger partial charge in [0.1, 0.15) is 0 Å².